The summed E-state index contributed by atoms with van der Waals surface area (Å²) in [5.41, 5.74) is 2.22. The Morgan fingerprint density at radius 2 is 2.16 bits per heavy atom. The fourth-order valence-electron chi connectivity index (χ4n) is 2.40. The number of aliphatic imine (C=N–C) groups is 1. The van der Waals surface area contributed by atoms with Crippen molar-refractivity contribution in [1.82, 2.24) is 0 Å². The molecule has 2 heterocycles. The van der Waals surface area contributed by atoms with Gasteiger partial charge in [0.05, 0.1) is 16.2 Å². The van der Waals surface area contributed by atoms with Gasteiger partial charge in [-0.05, 0) is 37.5 Å². The zero-order valence-electron chi connectivity index (χ0n) is 10.9. The Bertz CT molecular complexity index is 512. The first-order valence-corrected chi connectivity index (χ1v) is 7.87. The maximum absolute atomic E-state index is 6.21. The smallest absolute Gasteiger partial charge is 0.161 e. The summed E-state index contributed by atoms with van der Waals surface area (Å²) in [5, 5.41) is 5.08. The number of ether oxygens (including phenoxy) is 1. The number of nitrogens with zero attached hydrogens (tertiary/aromatic N) is 1. The van der Waals surface area contributed by atoms with E-state index in [0.29, 0.717) is 0 Å². The number of halogens is 1. The number of hydrogen-bond acceptors (Lipinski definition) is 4. The number of rotatable bonds is 1. The second-order valence-electron chi connectivity index (χ2n) is 5.15. The van der Waals surface area contributed by atoms with Crippen molar-refractivity contribution in [3.8, 4) is 0 Å². The van der Waals surface area contributed by atoms with E-state index >= 15 is 0 Å². The summed E-state index contributed by atoms with van der Waals surface area (Å²) in [6, 6.07) is 5.99. The Kier molecular flexibility index (Phi) is 3.74. The zero-order chi connectivity index (χ0) is 13.3. The van der Waals surface area contributed by atoms with Crippen LogP contribution in [-0.4, -0.2) is 29.7 Å². The summed E-state index contributed by atoms with van der Waals surface area (Å²) < 4.78 is 5.42. The number of amidine groups is 1. The molecule has 19 heavy (non-hydrogen) atoms. The monoisotopic (exact) mass is 296 g/mol. The number of thioether (sulfide) groups is 1. The van der Waals surface area contributed by atoms with Crippen molar-refractivity contribution in [3.05, 3.63) is 28.8 Å². The molecular weight excluding hydrogens is 280 g/mol. The molecule has 1 aromatic rings. The van der Waals surface area contributed by atoms with Crippen LogP contribution in [0.5, 0.6) is 0 Å². The molecule has 0 radical (unpaired) electrons. The average Bonchev–Trinajstić information content (AvgIpc) is 2.78. The molecule has 1 aromatic carbocycles. The number of anilines is 1. The molecular formula is C14H17ClN2OS. The van der Waals surface area contributed by atoms with Gasteiger partial charge in [0.15, 0.2) is 5.17 Å². The lowest BCUT2D eigenvalue weighted by molar-refractivity contribution is 0.0624. The van der Waals surface area contributed by atoms with E-state index in [0.717, 1.165) is 47.7 Å². The van der Waals surface area contributed by atoms with Gasteiger partial charge in [-0.25, -0.2) is 0 Å². The fourth-order valence-corrected chi connectivity index (χ4v) is 3.77. The predicted molar refractivity (Wildman–Crippen MR) is 82.5 cm³/mol. The Morgan fingerprint density at radius 1 is 1.37 bits per heavy atom. The number of nitrogens with one attached hydrogen (secondary N) is 1. The molecule has 0 amide bonds. The van der Waals surface area contributed by atoms with E-state index in [1.165, 1.54) is 5.56 Å². The van der Waals surface area contributed by atoms with Gasteiger partial charge in [-0.15, -0.1) is 0 Å². The summed E-state index contributed by atoms with van der Waals surface area (Å²) >= 11 is 7.99. The van der Waals surface area contributed by atoms with Gasteiger partial charge in [0, 0.05) is 19.0 Å². The summed E-state index contributed by atoms with van der Waals surface area (Å²) in [4.78, 5) is 4.87. The lowest BCUT2D eigenvalue weighted by Crippen LogP contribution is -2.34. The third-order valence-corrected chi connectivity index (χ3v) is 5.08. The van der Waals surface area contributed by atoms with Gasteiger partial charge in [0.1, 0.15) is 0 Å². The Labute approximate surface area is 122 Å². The van der Waals surface area contributed by atoms with Crippen molar-refractivity contribution in [2.24, 2.45) is 4.99 Å². The maximum Gasteiger partial charge on any atom is 0.161 e. The Hall–Kier alpha value is -0.710. The molecule has 0 unspecified atom stereocenters. The van der Waals surface area contributed by atoms with Gasteiger partial charge >= 0.3 is 0 Å². The van der Waals surface area contributed by atoms with Gasteiger partial charge in [-0.2, -0.15) is 0 Å². The van der Waals surface area contributed by atoms with E-state index in [1.54, 1.807) is 11.8 Å². The van der Waals surface area contributed by atoms with Crippen LogP contribution < -0.4 is 5.32 Å². The van der Waals surface area contributed by atoms with Crippen LogP contribution in [0.3, 0.4) is 0 Å². The van der Waals surface area contributed by atoms with Crippen LogP contribution >= 0.6 is 23.4 Å². The topological polar surface area (TPSA) is 33.6 Å². The first-order chi connectivity index (χ1) is 9.17. The lowest BCUT2D eigenvalue weighted by atomic mass is 9.93. The van der Waals surface area contributed by atoms with Gasteiger partial charge in [0.25, 0.3) is 0 Å². The molecule has 1 fully saturated rings. The van der Waals surface area contributed by atoms with Crippen molar-refractivity contribution in [3.63, 3.8) is 0 Å². The highest BCUT2D eigenvalue weighted by atomic mass is 35.5. The van der Waals surface area contributed by atoms with E-state index in [9.17, 15) is 0 Å². The molecule has 2 aliphatic heterocycles. The SMILES string of the molecule is Cc1ccc(Cl)c(NC2=NC3(CCOCC3)CS2)c1. The molecule has 1 N–H and O–H groups in total. The quantitative estimate of drug-likeness (QED) is 0.858. The second-order valence-corrected chi connectivity index (χ2v) is 6.52. The van der Waals surface area contributed by atoms with Crippen LogP contribution in [0, 0.1) is 6.92 Å². The predicted octanol–water partition coefficient (Wildman–Crippen LogP) is 3.71. The summed E-state index contributed by atoms with van der Waals surface area (Å²) in [7, 11) is 0. The zero-order valence-corrected chi connectivity index (χ0v) is 12.5. The highest BCUT2D eigenvalue weighted by Crippen LogP contribution is 2.36. The van der Waals surface area contributed by atoms with Crippen molar-refractivity contribution in [2.75, 3.05) is 24.3 Å². The van der Waals surface area contributed by atoms with Crippen molar-refractivity contribution in [1.29, 1.82) is 0 Å². The van der Waals surface area contributed by atoms with Gasteiger partial charge in [-0.3, -0.25) is 4.99 Å². The molecule has 0 saturated carbocycles. The van der Waals surface area contributed by atoms with E-state index in [1.807, 2.05) is 12.1 Å². The normalized spacial score (nSPS) is 21.5. The molecule has 0 bridgehead atoms. The van der Waals surface area contributed by atoms with Gasteiger partial charge in [0.2, 0.25) is 0 Å². The number of benzene rings is 1. The third kappa shape index (κ3) is 2.91. The molecule has 3 nitrogen and oxygen atoms in total. The first-order valence-electron chi connectivity index (χ1n) is 6.51. The Balaban J connectivity index is 1.77. The minimum Gasteiger partial charge on any atom is -0.381 e. The van der Waals surface area contributed by atoms with E-state index in [4.69, 9.17) is 21.3 Å². The standard InChI is InChI=1S/C14H17ClN2OS/c1-10-2-3-11(15)12(8-10)16-13-17-14(9-19-13)4-6-18-7-5-14/h2-3,8H,4-7,9H2,1H3,(H,16,17). The molecule has 1 spiro atoms. The third-order valence-electron chi connectivity index (χ3n) is 3.60. The van der Waals surface area contributed by atoms with E-state index in [2.05, 4.69) is 18.3 Å². The lowest BCUT2D eigenvalue weighted by Gasteiger charge is -2.29. The van der Waals surface area contributed by atoms with Crippen LogP contribution in [-0.2, 0) is 4.74 Å². The van der Waals surface area contributed by atoms with E-state index < -0.39 is 0 Å². The van der Waals surface area contributed by atoms with Gasteiger partial charge in [-0.1, -0.05) is 29.4 Å². The van der Waals surface area contributed by atoms with Crippen LogP contribution in [0.1, 0.15) is 18.4 Å². The maximum atomic E-state index is 6.21. The number of hydrogen-bond donors (Lipinski definition) is 1. The highest BCUT2D eigenvalue weighted by molar-refractivity contribution is 8.14. The van der Waals surface area contributed by atoms with Crippen molar-refractivity contribution in [2.45, 2.75) is 25.3 Å². The van der Waals surface area contributed by atoms with Crippen LogP contribution in [0.2, 0.25) is 5.02 Å². The Morgan fingerprint density at radius 3 is 2.95 bits per heavy atom. The first kappa shape index (κ1) is 13.3. The largest absolute Gasteiger partial charge is 0.381 e. The molecule has 0 atom stereocenters. The molecule has 1 saturated heterocycles. The number of aryl methyl sites for hydroxylation is 1. The molecule has 2 aliphatic rings. The average molecular weight is 297 g/mol. The second kappa shape index (κ2) is 5.35. The van der Waals surface area contributed by atoms with Crippen molar-refractivity contribution < 1.29 is 4.74 Å². The molecule has 102 valence electrons. The molecule has 3 rings (SSSR count). The molecule has 0 aliphatic carbocycles. The summed E-state index contributed by atoms with van der Waals surface area (Å²) in [6.45, 7) is 3.70. The summed E-state index contributed by atoms with van der Waals surface area (Å²) in [5.74, 6) is 1.04. The highest BCUT2D eigenvalue weighted by Gasteiger charge is 2.37. The fraction of sp³-hybridized carbons (Fsp3) is 0.500. The molecule has 5 heteroatoms. The minimum atomic E-state index is 0.0849. The summed E-state index contributed by atoms with van der Waals surface area (Å²) in [6.07, 6.45) is 2.04. The minimum absolute atomic E-state index is 0.0849. The van der Waals surface area contributed by atoms with Crippen LogP contribution in [0.4, 0.5) is 5.69 Å². The van der Waals surface area contributed by atoms with E-state index in [-0.39, 0.29) is 5.54 Å². The van der Waals surface area contributed by atoms with Crippen molar-refractivity contribution >= 4 is 34.2 Å². The van der Waals surface area contributed by atoms with Crippen LogP contribution in [0.15, 0.2) is 23.2 Å². The van der Waals surface area contributed by atoms with Gasteiger partial charge < -0.3 is 10.1 Å². The van der Waals surface area contributed by atoms with Crippen LogP contribution in [0.25, 0.3) is 0 Å². The molecule has 0 aromatic heterocycles.